The van der Waals surface area contributed by atoms with Crippen LogP contribution >= 0.6 is 0 Å². The molecule has 0 amide bonds. The first-order valence-corrected chi connectivity index (χ1v) is 13.3. The lowest BCUT2D eigenvalue weighted by atomic mass is 9.48. The molecule has 4 nitrogen and oxygen atoms in total. The molecule has 0 saturated heterocycles. The van der Waals surface area contributed by atoms with E-state index in [2.05, 4.69) is 10.4 Å². The zero-order valence-corrected chi connectivity index (χ0v) is 20.3. The average Bonchev–Trinajstić information content (AvgIpc) is 3.29. The van der Waals surface area contributed by atoms with Crippen LogP contribution in [0.5, 0.6) is 0 Å². The molecule has 3 aromatic rings. The van der Waals surface area contributed by atoms with E-state index >= 15 is 0 Å². The fourth-order valence-corrected chi connectivity index (χ4v) is 8.38. The van der Waals surface area contributed by atoms with E-state index in [1.807, 2.05) is 35.0 Å². The van der Waals surface area contributed by atoms with Crippen molar-refractivity contribution in [2.45, 2.75) is 63.5 Å². The predicted molar refractivity (Wildman–Crippen MR) is 134 cm³/mol. The van der Waals surface area contributed by atoms with E-state index in [1.165, 1.54) is 44.6 Å². The Morgan fingerprint density at radius 1 is 0.944 bits per heavy atom. The fraction of sp³-hybridized carbons (Fsp3) is 0.467. The number of hydrogen-bond acceptors (Lipinski definition) is 3. The van der Waals surface area contributed by atoms with Gasteiger partial charge in [-0.25, -0.2) is 13.5 Å². The summed E-state index contributed by atoms with van der Waals surface area (Å²) in [4.78, 5) is 13.8. The zero-order valence-electron chi connectivity index (χ0n) is 20.3. The Hall–Kier alpha value is -3.02. The van der Waals surface area contributed by atoms with Crippen LogP contribution in [0, 0.1) is 34.8 Å². The van der Waals surface area contributed by atoms with Crippen LogP contribution in [0.15, 0.2) is 54.7 Å². The smallest absolute Gasteiger partial charge is 0.168 e. The van der Waals surface area contributed by atoms with Crippen LogP contribution in [0.1, 0.15) is 84.9 Å². The maximum absolute atomic E-state index is 14.9. The second-order valence-corrected chi connectivity index (χ2v) is 11.9. The third-order valence-electron chi connectivity index (χ3n) is 9.40. The number of Topliss-reactive ketones (excluding diaryl/α,β-unsaturated/α-hetero) is 1. The van der Waals surface area contributed by atoms with Crippen molar-refractivity contribution in [2.75, 3.05) is 5.32 Å². The van der Waals surface area contributed by atoms with Crippen molar-refractivity contribution >= 4 is 11.6 Å². The van der Waals surface area contributed by atoms with Gasteiger partial charge in [-0.15, -0.1) is 0 Å². The number of rotatable bonds is 5. The number of fused-ring (bicyclic) bond motifs is 1. The summed E-state index contributed by atoms with van der Waals surface area (Å²) in [7, 11) is 0. The Balaban J connectivity index is 1.24. The molecule has 4 fully saturated rings. The number of anilines is 1. The summed E-state index contributed by atoms with van der Waals surface area (Å²) in [6.07, 6.45) is 10.3. The molecular weight excluding hydrogens is 456 g/mol. The summed E-state index contributed by atoms with van der Waals surface area (Å²) in [5.74, 6) is 1.40. The quantitative estimate of drug-likeness (QED) is 0.391. The van der Waals surface area contributed by atoms with Crippen LogP contribution in [0.2, 0.25) is 0 Å². The standard InChI is InChI=1S/C30H31F2N3O/c31-24-8-4-7-22(28(24)32)25-12-26(21-5-2-1-3-6-21)35-29(34-25)23(17-33-35)27(36)16-30-13-18-9-19(14-30)11-20(10-18)15-30/h1-8,17-20,25-26,34H,9-16H2. The van der Waals surface area contributed by atoms with Crippen LogP contribution in [0.4, 0.5) is 14.6 Å². The van der Waals surface area contributed by atoms with Gasteiger partial charge >= 0.3 is 0 Å². The third kappa shape index (κ3) is 3.60. The van der Waals surface area contributed by atoms with E-state index in [9.17, 15) is 13.6 Å². The highest BCUT2D eigenvalue weighted by molar-refractivity contribution is 6.01. The Morgan fingerprint density at radius 3 is 2.33 bits per heavy atom. The summed E-state index contributed by atoms with van der Waals surface area (Å²) in [5, 5.41) is 8.06. The highest BCUT2D eigenvalue weighted by atomic mass is 19.2. The van der Waals surface area contributed by atoms with Crippen LogP contribution < -0.4 is 5.32 Å². The van der Waals surface area contributed by atoms with Crippen LogP contribution in [0.3, 0.4) is 0 Å². The largest absolute Gasteiger partial charge is 0.363 e. The molecule has 186 valence electrons. The molecule has 2 atom stereocenters. The van der Waals surface area contributed by atoms with Crippen molar-refractivity contribution < 1.29 is 13.6 Å². The number of aromatic nitrogens is 2. The van der Waals surface area contributed by atoms with Gasteiger partial charge in [0.2, 0.25) is 0 Å². The molecule has 1 aromatic heterocycles. The molecule has 6 heteroatoms. The molecule has 4 bridgehead atoms. The van der Waals surface area contributed by atoms with Gasteiger partial charge in [-0.1, -0.05) is 42.5 Å². The van der Waals surface area contributed by atoms with Crippen molar-refractivity contribution in [3.63, 3.8) is 0 Å². The number of nitrogens with zero attached hydrogens (tertiary/aromatic N) is 2. The van der Waals surface area contributed by atoms with Gasteiger partial charge < -0.3 is 5.32 Å². The van der Waals surface area contributed by atoms with Gasteiger partial charge in [-0.3, -0.25) is 4.79 Å². The molecular formula is C30H31F2N3O. The number of hydrogen-bond donors (Lipinski definition) is 1. The summed E-state index contributed by atoms with van der Waals surface area (Å²) in [6.45, 7) is 0. The summed E-state index contributed by atoms with van der Waals surface area (Å²) in [6, 6.07) is 13.6. The first-order valence-electron chi connectivity index (χ1n) is 13.3. The monoisotopic (exact) mass is 487 g/mol. The zero-order chi connectivity index (χ0) is 24.4. The topological polar surface area (TPSA) is 46.9 Å². The minimum Gasteiger partial charge on any atom is -0.363 e. The fourth-order valence-electron chi connectivity index (χ4n) is 8.38. The minimum atomic E-state index is -0.859. The van der Waals surface area contributed by atoms with E-state index in [0.717, 1.165) is 29.4 Å². The average molecular weight is 488 g/mol. The molecule has 2 heterocycles. The van der Waals surface area contributed by atoms with Gasteiger partial charge in [0.1, 0.15) is 5.82 Å². The second kappa shape index (κ2) is 8.25. The van der Waals surface area contributed by atoms with Gasteiger partial charge in [0.05, 0.1) is 23.8 Å². The Morgan fingerprint density at radius 2 is 1.64 bits per heavy atom. The van der Waals surface area contributed by atoms with Crippen molar-refractivity contribution in [3.8, 4) is 0 Å². The summed E-state index contributed by atoms with van der Waals surface area (Å²) in [5.41, 5.74) is 2.02. The van der Waals surface area contributed by atoms with E-state index in [4.69, 9.17) is 0 Å². The van der Waals surface area contributed by atoms with Crippen molar-refractivity contribution in [2.24, 2.45) is 23.2 Å². The molecule has 8 rings (SSSR count). The molecule has 1 N–H and O–H groups in total. The number of halogens is 2. The highest BCUT2D eigenvalue weighted by Crippen LogP contribution is 2.61. The molecule has 36 heavy (non-hydrogen) atoms. The number of carbonyl (C=O) groups is 1. The van der Waals surface area contributed by atoms with E-state index < -0.39 is 17.7 Å². The van der Waals surface area contributed by atoms with Gasteiger partial charge in [0.15, 0.2) is 17.4 Å². The summed E-state index contributed by atoms with van der Waals surface area (Å²) < 4.78 is 30.9. The van der Waals surface area contributed by atoms with Gasteiger partial charge in [-0.2, -0.15) is 5.10 Å². The number of benzene rings is 2. The van der Waals surface area contributed by atoms with Crippen molar-refractivity contribution in [1.29, 1.82) is 0 Å². The lowest BCUT2D eigenvalue weighted by Crippen LogP contribution is -2.46. The van der Waals surface area contributed by atoms with Gasteiger partial charge in [-0.05, 0) is 79.7 Å². The van der Waals surface area contributed by atoms with E-state index in [0.29, 0.717) is 24.2 Å². The maximum atomic E-state index is 14.9. The van der Waals surface area contributed by atoms with Crippen LogP contribution in [-0.2, 0) is 0 Å². The molecule has 2 unspecified atom stereocenters. The normalized spacial score (nSPS) is 32.2. The first-order chi connectivity index (χ1) is 17.5. The maximum Gasteiger partial charge on any atom is 0.168 e. The molecule has 5 aliphatic rings. The number of ketones is 1. The first kappa shape index (κ1) is 22.2. The Bertz CT molecular complexity index is 1280. The third-order valence-corrected chi connectivity index (χ3v) is 9.40. The lowest BCUT2D eigenvalue weighted by molar-refractivity contribution is -0.0524. The number of nitrogens with one attached hydrogen (secondary N) is 1. The Labute approximate surface area is 210 Å². The van der Waals surface area contributed by atoms with Crippen LogP contribution in [-0.4, -0.2) is 15.6 Å². The molecule has 0 spiro atoms. The van der Waals surface area contributed by atoms with E-state index in [-0.39, 0.29) is 22.8 Å². The van der Waals surface area contributed by atoms with Crippen molar-refractivity contribution in [3.05, 3.63) is 83.1 Å². The second-order valence-electron chi connectivity index (χ2n) is 11.9. The highest BCUT2D eigenvalue weighted by Gasteiger charge is 2.51. The predicted octanol–water partition coefficient (Wildman–Crippen LogP) is 7.10. The van der Waals surface area contributed by atoms with Gasteiger partial charge in [0.25, 0.3) is 0 Å². The summed E-state index contributed by atoms with van der Waals surface area (Å²) >= 11 is 0. The van der Waals surface area contributed by atoms with Crippen LogP contribution in [0.25, 0.3) is 0 Å². The molecule has 4 saturated carbocycles. The van der Waals surface area contributed by atoms with Crippen molar-refractivity contribution in [1.82, 2.24) is 9.78 Å². The molecule has 2 aromatic carbocycles. The SMILES string of the molecule is O=C(CC12CC3CC(CC(C3)C1)C2)c1cnn2c1NC(c1cccc(F)c1F)CC2c1ccccc1. The molecule has 0 radical (unpaired) electrons. The lowest BCUT2D eigenvalue weighted by Gasteiger charge is -2.56. The Kier molecular flexibility index (Phi) is 5.09. The van der Waals surface area contributed by atoms with Gasteiger partial charge in [0, 0.05) is 12.0 Å². The van der Waals surface area contributed by atoms with E-state index in [1.54, 1.807) is 12.3 Å². The molecule has 4 aliphatic carbocycles. The minimum absolute atomic E-state index is 0.123. The number of carbonyl (C=O) groups excluding carboxylic acids is 1. The molecule has 1 aliphatic heterocycles.